The maximum Gasteiger partial charge on any atom is 0.153 e. The lowest BCUT2D eigenvalue weighted by Crippen LogP contribution is -2.39. The Morgan fingerprint density at radius 1 is 1.37 bits per heavy atom. The first-order valence-electron chi connectivity index (χ1n) is 7.37. The molecule has 108 valence electrons. The van der Waals surface area contributed by atoms with E-state index in [1.54, 1.807) is 0 Å². The van der Waals surface area contributed by atoms with Gasteiger partial charge in [-0.3, -0.25) is 0 Å². The van der Waals surface area contributed by atoms with Crippen LogP contribution >= 0.6 is 15.9 Å². The third-order valence-corrected chi connectivity index (χ3v) is 4.96. The van der Waals surface area contributed by atoms with E-state index in [4.69, 9.17) is 0 Å². The molecule has 1 N–H and O–H groups in total. The molecule has 1 aliphatic carbocycles. The molecule has 0 saturated heterocycles. The molecule has 1 heterocycles. The molecular weight excluding hydrogens is 304 g/mol. The van der Waals surface area contributed by atoms with E-state index in [0.717, 1.165) is 17.6 Å². The van der Waals surface area contributed by atoms with Crippen LogP contribution in [0.5, 0.6) is 0 Å². The highest BCUT2D eigenvalue weighted by Gasteiger charge is 2.38. The van der Waals surface area contributed by atoms with E-state index in [2.05, 4.69) is 45.4 Å². The molecule has 19 heavy (non-hydrogen) atoms. The molecule has 0 spiro atoms. The first-order chi connectivity index (χ1) is 9.08. The largest absolute Gasteiger partial charge is 0.308 e. The van der Waals surface area contributed by atoms with Gasteiger partial charge >= 0.3 is 0 Å². The van der Waals surface area contributed by atoms with E-state index in [-0.39, 0.29) is 0 Å². The zero-order valence-corrected chi connectivity index (χ0v) is 13.8. The van der Waals surface area contributed by atoms with Crippen LogP contribution < -0.4 is 5.32 Å². The van der Waals surface area contributed by atoms with Crippen molar-refractivity contribution in [2.45, 2.75) is 58.4 Å². The van der Waals surface area contributed by atoms with Crippen LogP contribution in [0.3, 0.4) is 0 Å². The second-order valence-corrected chi connectivity index (χ2v) is 6.74. The minimum absolute atomic E-state index is 0.311. The Morgan fingerprint density at radius 2 is 2.05 bits per heavy atom. The summed E-state index contributed by atoms with van der Waals surface area (Å²) < 4.78 is 2.80. The highest BCUT2D eigenvalue weighted by Crippen LogP contribution is 2.46. The molecule has 1 saturated carbocycles. The van der Waals surface area contributed by atoms with Crippen LogP contribution in [0.2, 0.25) is 0 Å². The third-order valence-electron chi connectivity index (χ3n) is 4.39. The van der Waals surface area contributed by atoms with E-state index < -0.39 is 0 Å². The standard InChI is InChI=1S/C14H25BrN4/c1-4-10-16-12(11-13(15)17-18-19(11)3)14(2)8-6-5-7-9-14/h12,16H,4-10H2,1-3H3. The average Bonchev–Trinajstić information content (AvgIpc) is 2.72. The fourth-order valence-electron chi connectivity index (χ4n) is 3.26. The van der Waals surface area contributed by atoms with E-state index in [9.17, 15) is 0 Å². The van der Waals surface area contributed by atoms with E-state index in [1.807, 2.05) is 11.7 Å². The number of nitrogens with one attached hydrogen (secondary N) is 1. The highest BCUT2D eigenvalue weighted by atomic mass is 79.9. The van der Waals surface area contributed by atoms with Gasteiger partial charge in [0.25, 0.3) is 0 Å². The van der Waals surface area contributed by atoms with Gasteiger partial charge in [0.15, 0.2) is 4.60 Å². The predicted molar refractivity (Wildman–Crippen MR) is 80.9 cm³/mol. The smallest absolute Gasteiger partial charge is 0.153 e. The Bertz CT molecular complexity index is 390. The SMILES string of the molecule is CCCNC(c1c(Br)nnn1C)C1(C)CCCCC1. The van der Waals surface area contributed by atoms with Gasteiger partial charge in [0.05, 0.1) is 11.7 Å². The number of rotatable bonds is 5. The topological polar surface area (TPSA) is 42.7 Å². The van der Waals surface area contributed by atoms with Crippen molar-refractivity contribution in [2.24, 2.45) is 12.5 Å². The monoisotopic (exact) mass is 328 g/mol. The predicted octanol–water partition coefficient (Wildman–Crippen LogP) is 3.59. The van der Waals surface area contributed by atoms with Crippen molar-refractivity contribution in [1.82, 2.24) is 20.3 Å². The minimum atomic E-state index is 0.311. The number of nitrogens with zero attached hydrogens (tertiary/aromatic N) is 3. The Hall–Kier alpha value is -0.420. The van der Waals surface area contributed by atoms with Crippen LogP contribution in [-0.2, 0) is 7.05 Å². The van der Waals surface area contributed by atoms with Crippen molar-refractivity contribution in [3.05, 3.63) is 10.3 Å². The third kappa shape index (κ3) is 3.19. The van der Waals surface area contributed by atoms with Gasteiger partial charge in [-0.1, -0.05) is 38.3 Å². The van der Waals surface area contributed by atoms with Crippen molar-refractivity contribution in [1.29, 1.82) is 0 Å². The van der Waals surface area contributed by atoms with Gasteiger partial charge in [0.1, 0.15) is 0 Å². The fraction of sp³-hybridized carbons (Fsp3) is 0.857. The van der Waals surface area contributed by atoms with Crippen molar-refractivity contribution >= 4 is 15.9 Å². The normalized spacial score (nSPS) is 20.4. The molecule has 1 unspecified atom stereocenters. The molecule has 0 aliphatic heterocycles. The first-order valence-corrected chi connectivity index (χ1v) is 8.16. The molecule has 1 aromatic rings. The van der Waals surface area contributed by atoms with Crippen molar-refractivity contribution in [3.8, 4) is 0 Å². The van der Waals surface area contributed by atoms with Crippen LogP contribution in [0, 0.1) is 5.41 Å². The molecule has 0 aromatic carbocycles. The van der Waals surface area contributed by atoms with Gasteiger partial charge < -0.3 is 5.32 Å². The summed E-state index contributed by atoms with van der Waals surface area (Å²) in [6.07, 6.45) is 7.77. The Kier molecular flexibility index (Phi) is 5.01. The molecule has 0 amide bonds. The molecule has 1 fully saturated rings. The molecule has 0 bridgehead atoms. The summed E-state index contributed by atoms with van der Waals surface area (Å²) in [6, 6.07) is 0.335. The highest BCUT2D eigenvalue weighted by molar-refractivity contribution is 9.10. The van der Waals surface area contributed by atoms with Crippen LogP contribution in [0.15, 0.2) is 4.60 Å². The molecule has 1 aromatic heterocycles. The zero-order valence-electron chi connectivity index (χ0n) is 12.2. The summed E-state index contributed by atoms with van der Waals surface area (Å²) in [7, 11) is 1.99. The molecule has 0 radical (unpaired) electrons. The van der Waals surface area contributed by atoms with Gasteiger partial charge in [-0.05, 0) is 47.2 Å². The molecule has 1 atom stereocenters. The Morgan fingerprint density at radius 3 is 2.58 bits per heavy atom. The lowest BCUT2D eigenvalue weighted by molar-refractivity contribution is 0.139. The van der Waals surface area contributed by atoms with Crippen LogP contribution in [0.4, 0.5) is 0 Å². The second-order valence-electron chi connectivity index (χ2n) is 5.99. The maximum atomic E-state index is 4.16. The van der Waals surface area contributed by atoms with Gasteiger partial charge in [-0.25, -0.2) is 4.68 Å². The summed E-state index contributed by atoms with van der Waals surface area (Å²) in [5, 5.41) is 12.0. The molecule has 2 rings (SSSR count). The first kappa shape index (κ1) is 15.0. The molecular formula is C14H25BrN4. The second kappa shape index (κ2) is 6.35. The van der Waals surface area contributed by atoms with Crippen LogP contribution in [0.1, 0.15) is 64.1 Å². The van der Waals surface area contributed by atoms with Gasteiger partial charge in [0.2, 0.25) is 0 Å². The number of aromatic nitrogens is 3. The fourth-order valence-corrected chi connectivity index (χ4v) is 3.81. The van der Waals surface area contributed by atoms with Crippen molar-refractivity contribution in [3.63, 3.8) is 0 Å². The lowest BCUT2D eigenvalue weighted by atomic mass is 9.69. The van der Waals surface area contributed by atoms with E-state index in [0.29, 0.717) is 11.5 Å². The number of hydrogen-bond acceptors (Lipinski definition) is 3. The molecule has 4 nitrogen and oxygen atoms in total. The number of halogens is 1. The summed E-state index contributed by atoms with van der Waals surface area (Å²) in [5.41, 5.74) is 1.50. The van der Waals surface area contributed by atoms with Gasteiger partial charge in [-0.2, -0.15) is 0 Å². The van der Waals surface area contributed by atoms with E-state index >= 15 is 0 Å². The Labute approximate surface area is 124 Å². The van der Waals surface area contributed by atoms with Gasteiger partial charge in [0, 0.05) is 7.05 Å². The molecule has 1 aliphatic rings. The summed E-state index contributed by atoms with van der Waals surface area (Å²) >= 11 is 3.57. The van der Waals surface area contributed by atoms with E-state index in [1.165, 1.54) is 37.8 Å². The summed E-state index contributed by atoms with van der Waals surface area (Å²) in [5.74, 6) is 0. The summed E-state index contributed by atoms with van der Waals surface area (Å²) in [6.45, 7) is 5.67. The zero-order chi connectivity index (χ0) is 13.9. The quantitative estimate of drug-likeness (QED) is 0.898. The minimum Gasteiger partial charge on any atom is -0.308 e. The van der Waals surface area contributed by atoms with Crippen LogP contribution in [0.25, 0.3) is 0 Å². The van der Waals surface area contributed by atoms with Crippen molar-refractivity contribution in [2.75, 3.05) is 6.54 Å². The number of aryl methyl sites for hydroxylation is 1. The van der Waals surface area contributed by atoms with Crippen molar-refractivity contribution < 1.29 is 0 Å². The maximum absolute atomic E-state index is 4.16. The average molecular weight is 329 g/mol. The summed E-state index contributed by atoms with van der Waals surface area (Å²) in [4.78, 5) is 0. The molecule has 5 heteroatoms. The van der Waals surface area contributed by atoms with Gasteiger partial charge in [-0.15, -0.1) is 5.10 Å². The Balaban J connectivity index is 2.29. The van der Waals surface area contributed by atoms with Crippen LogP contribution in [-0.4, -0.2) is 21.5 Å². The number of hydrogen-bond donors (Lipinski definition) is 1. The lowest BCUT2D eigenvalue weighted by Gasteiger charge is -2.41.